The molecule has 1 unspecified atom stereocenters. The molecule has 0 aromatic carbocycles. The molecule has 0 spiro atoms. The number of aliphatic imine (C=N–C) groups is 1. The van der Waals surface area contributed by atoms with E-state index in [-0.39, 0.29) is 24.3 Å². The van der Waals surface area contributed by atoms with Gasteiger partial charge in [0.25, 0.3) is 0 Å². The number of hydrogen-bond acceptors (Lipinski definition) is 3. The second-order valence-electron chi connectivity index (χ2n) is 3.23. The molecule has 1 atom stereocenters. The van der Waals surface area contributed by atoms with Crippen LogP contribution in [0.2, 0.25) is 0 Å². The van der Waals surface area contributed by atoms with Crippen LogP contribution in [0, 0.1) is 5.92 Å². The molecule has 0 saturated heterocycles. The Labute approximate surface area is 88.8 Å². The van der Waals surface area contributed by atoms with Gasteiger partial charge in [0.05, 0.1) is 24.4 Å². The van der Waals surface area contributed by atoms with Crippen molar-refractivity contribution in [2.45, 2.75) is 19.3 Å². The fraction of sp³-hybridized carbons (Fsp3) is 0.556. The van der Waals surface area contributed by atoms with Gasteiger partial charge in [-0.3, -0.25) is 4.79 Å². The number of hydrogen-bond donors (Lipinski definition) is 0. The van der Waals surface area contributed by atoms with E-state index in [0.717, 1.165) is 24.2 Å². The molecule has 14 heavy (non-hydrogen) atoms. The van der Waals surface area contributed by atoms with Gasteiger partial charge >= 0.3 is 5.97 Å². The third kappa shape index (κ3) is 1.90. The number of carbonyl (C=O) groups is 1. The molecule has 1 aliphatic carbocycles. The molecule has 0 N–H and O–H groups in total. The lowest BCUT2D eigenvalue weighted by Gasteiger charge is -2.19. The van der Waals surface area contributed by atoms with Gasteiger partial charge in [0.15, 0.2) is 0 Å². The summed E-state index contributed by atoms with van der Waals surface area (Å²) in [6.07, 6.45) is 3.92. The van der Waals surface area contributed by atoms with Gasteiger partial charge in [-0.25, -0.2) is 10.3 Å². The highest BCUT2D eigenvalue weighted by atomic mass is 35.5. The Morgan fingerprint density at radius 3 is 3.07 bits per heavy atom. The lowest BCUT2D eigenvalue weighted by atomic mass is 9.90. The van der Waals surface area contributed by atoms with E-state index in [2.05, 4.69) is 10.3 Å². The summed E-state index contributed by atoms with van der Waals surface area (Å²) in [6.45, 7) is 0. The minimum Gasteiger partial charge on any atom is -0.469 e. The third-order valence-electron chi connectivity index (χ3n) is 2.46. The number of rotatable bonds is 1. The Hall–Kier alpha value is -1.03. The van der Waals surface area contributed by atoms with Gasteiger partial charge < -0.3 is 4.74 Å². The fourth-order valence-electron chi connectivity index (χ4n) is 1.71. The molecule has 1 heterocycles. The van der Waals surface area contributed by atoms with Crippen molar-refractivity contribution in [3.63, 3.8) is 0 Å². The van der Waals surface area contributed by atoms with E-state index >= 15 is 0 Å². The highest BCUT2D eigenvalue weighted by molar-refractivity contribution is 5.85. The predicted molar refractivity (Wildman–Crippen MR) is 54.3 cm³/mol. The Morgan fingerprint density at radius 1 is 1.57 bits per heavy atom. The van der Waals surface area contributed by atoms with Crippen LogP contribution in [0.5, 0.6) is 0 Å². The largest absolute Gasteiger partial charge is 0.469 e. The van der Waals surface area contributed by atoms with Crippen LogP contribution in [0.3, 0.4) is 0 Å². The molecule has 5 heteroatoms. The monoisotopic (exact) mass is 215 g/mol. The Bertz CT molecular complexity index is 299. The minimum atomic E-state index is -0.131. The zero-order chi connectivity index (χ0) is 9.26. The SMILES string of the molecule is COC(=O)C1CCC2=C(C1)[N]C=N2.Cl. The van der Waals surface area contributed by atoms with E-state index < -0.39 is 0 Å². The molecule has 1 aliphatic heterocycles. The van der Waals surface area contributed by atoms with Crippen LogP contribution < -0.4 is 5.32 Å². The molecule has 4 nitrogen and oxygen atoms in total. The summed E-state index contributed by atoms with van der Waals surface area (Å²) >= 11 is 0. The highest BCUT2D eigenvalue weighted by Crippen LogP contribution is 2.31. The number of carbonyl (C=O) groups excluding carboxylic acids is 1. The molecule has 0 aromatic rings. The first kappa shape index (κ1) is 11.0. The van der Waals surface area contributed by atoms with Gasteiger partial charge in [-0.1, -0.05) is 0 Å². The molecular weight excluding hydrogens is 204 g/mol. The number of nitrogens with zero attached hydrogens (tertiary/aromatic N) is 2. The fourth-order valence-corrected chi connectivity index (χ4v) is 1.71. The highest BCUT2D eigenvalue weighted by Gasteiger charge is 2.28. The maximum Gasteiger partial charge on any atom is 0.309 e. The van der Waals surface area contributed by atoms with Crippen LogP contribution in [0.4, 0.5) is 0 Å². The quantitative estimate of drug-likeness (QED) is 0.618. The molecule has 2 rings (SSSR count). The minimum absolute atomic E-state index is 0. The molecule has 2 aliphatic rings. The second kappa shape index (κ2) is 4.46. The van der Waals surface area contributed by atoms with Crippen LogP contribution in [0.25, 0.3) is 0 Å². The zero-order valence-electron chi connectivity index (χ0n) is 7.90. The van der Waals surface area contributed by atoms with Crippen LogP contribution >= 0.6 is 12.4 Å². The summed E-state index contributed by atoms with van der Waals surface area (Å²) in [5.41, 5.74) is 2.00. The lowest BCUT2D eigenvalue weighted by molar-refractivity contribution is -0.145. The smallest absolute Gasteiger partial charge is 0.309 e. The summed E-state index contributed by atoms with van der Waals surface area (Å²) in [6, 6.07) is 0. The first-order valence-corrected chi connectivity index (χ1v) is 4.34. The van der Waals surface area contributed by atoms with E-state index in [4.69, 9.17) is 4.74 Å². The van der Waals surface area contributed by atoms with Gasteiger partial charge in [0.2, 0.25) is 0 Å². The van der Waals surface area contributed by atoms with Crippen LogP contribution in [0.1, 0.15) is 19.3 Å². The number of methoxy groups -OCH3 is 1. The van der Waals surface area contributed by atoms with Crippen molar-refractivity contribution in [3.05, 3.63) is 11.4 Å². The number of esters is 1. The average molecular weight is 216 g/mol. The molecule has 0 amide bonds. The molecule has 0 fully saturated rings. The molecule has 0 saturated carbocycles. The van der Waals surface area contributed by atoms with Crippen LogP contribution in [-0.2, 0) is 9.53 Å². The summed E-state index contributed by atoms with van der Waals surface area (Å²) in [5, 5.41) is 4.10. The van der Waals surface area contributed by atoms with E-state index in [1.54, 1.807) is 6.34 Å². The average Bonchev–Trinajstić information content (AvgIpc) is 2.63. The molecular formula is C9H12ClN2O2. The van der Waals surface area contributed by atoms with Gasteiger partial charge in [-0.05, 0) is 12.8 Å². The van der Waals surface area contributed by atoms with Crippen molar-refractivity contribution < 1.29 is 9.53 Å². The maximum atomic E-state index is 11.2. The first-order valence-electron chi connectivity index (χ1n) is 4.34. The van der Waals surface area contributed by atoms with Gasteiger partial charge in [-0.15, -0.1) is 12.4 Å². The van der Waals surface area contributed by atoms with Crippen molar-refractivity contribution in [2.75, 3.05) is 7.11 Å². The Morgan fingerprint density at radius 2 is 2.36 bits per heavy atom. The van der Waals surface area contributed by atoms with Crippen LogP contribution in [0.15, 0.2) is 16.4 Å². The summed E-state index contributed by atoms with van der Waals surface area (Å²) in [5.74, 6) is -0.150. The predicted octanol–water partition coefficient (Wildman–Crippen LogP) is 1.24. The summed E-state index contributed by atoms with van der Waals surface area (Å²) in [4.78, 5) is 15.3. The number of allylic oxidation sites excluding steroid dienone is 2. The normalized spacial score (nSPS) is 23.6. The number of halogens is 1. The van der Waals surface area contributed by atoms with Crippen LogP contribution in [-0.4, -0.2) is 19.4 Å². The van der Waals surface area contributed by atoms with Crippen molar-refractivity contribution >= 4 is 24.7 Å². The van der Waals surface area contributed by atoms with Crippen molar-refractivity contribution in [3.8, 4) is 0 Å². The van der Waals surface area contributed by atoms with Gasteiger partial charge in [-0.2, -0.15) is 0 Å². The second-order valence-corrected chi connectivity index (χ2v) is 3.23. The molecule has 0 aromatic heterocycles. The topological polar surface area (TPSA) is 52.8 Å². The Kier molecular flexibility index (Phi) is 3.52. The van der Waals surface area contributed by atoms with Gasteiger partial charge in [0.1, 0.15) is 6.34 Å². The number of ether oxygens (including phenoxy) is 1. The Balaban J connectivity index is 0.000000980. The van der Waals surface area contributed by atoms with Crippen molar-refractivity contribution in [1.82, 2.24) is 5.32 Å². The van der Waals surface area contributed by atoms with Crippen molar-refractivity contribution in [2.24, 2.45) is 10.9 Å². The molecule has 1 radical (unpaired) electrons. The zero-order valence-corrected chi connectivity index (χ0v) is 8.71. The summed E-state index contributed by atoms with van der Waals surface area (Å²) < 4.78 is 4.69. The van der Waals surface area contributed by atoms with E-state index in [0.29, 0.717) is 6.42 Å². The maximum absolute atomic E-state index is 11.2. The summed E-state index contributed by atoms with van der Waals surface area (Å²) in [7, 11) is 1.43. The standard InChI is InChI=1S/C9H11N2O2.ClH/c1-13-9(12)6-2-3-7-8(4-6)11-5-10-7;/h5-6H,2-4H2,1H3;1H. The van der Waals surface area contributed by atoms with E-state index in [1.807, 2.05) is 0 Å². The lowest BCUT2D eigenvalue weighted by Crippen LogP contribution is -2.21. The molecule has 0 bridgehead atoms. The van der Waals surface area contributed by atoms with Gasteiger partial charge in [0, 0.05) is 6.42 Å². The van der Waals surface area contributed by atoms with Crippen molar-refractivity contribution in [1.29, 1.82) is 0 Å². The third-order valence-corrected chi connectivity index (χ3v) is 2.46. The first-order chi connectivity index (χ1) is 6.31. The van der Waals surface area contributed by atoms with E-state index in [9.17, 15) is 4.79 Å². The molecule has 77 valence electrons. The van der Waals surface area contributed by atoms with E-state index in [1.165, 1.54) is 7.11 Å².